The van der Waals surface area contributed by atoms with E-state index in [1.165, 1.54) is 12.8 Å². The lowest BCUT2D eigenvalue weighted by Gasteiger charge is -2.33. The van der Waals surface area contributed by atoms with E-state index in [0.717, 1.165) is 86.3 Å². The Morgan fingerprint density at radius 2 is 1.66 bits per heavy atom. The number of ether oxygens (including phenoxy) is 1. The lowest BCUT2D eigenvalue weighted by molar-refractivity contribution is -0.137. The number of carbonyl (C=O) groups is 2. The predicted molar refractivity (Wildman–Crippen MR) is 134 cm³/mol. The van der Waals surface area contributed by atoms with Crippen LogP contribution in [0.1, 0.15) is 55.3 Å². The van der Waals surface area contributed by atoms with Crippen LogP contribution in [0.15, 0.2) is 48.8 Å². The van der Waals surface area contributed by atoms with Crippen molar-refractivity contribution in [2.75, 3.05) is 26.2 Å². The van der Waals surface area contributed by atoms with Crippen molar-refractivity contribution in [2.24, 2.45) is 5.92 Å². The number of benzene rings is 1. The van der Waals surface area contributed by atoms with Crippen LogP contribution in [0.25, 0.3) is 16.7 Å². The van der Waals surface area contributed by atoms with Crippen molar-refractivity contribution in [3.63, 3.8) is 0 Å². The summed E-state index contributed by atoms with van der Waals surface area (Å²) < 4.78 is 8.23. The maximum absolute atomic E-state index is 12.7. The molecular formula is C28H32N4O3. The molecule has 0 spiro atoms. The van der Waals surface area contributed by atoms with E-state index < -0.39 is 0 Å². The van der Waals surface area contributed by atoms with Crippen LogP contribution >= 0.6 is 0 Å². The normalized spacial score (nSPS) is 19.2. The summed E-state index contributed by atoms with van der Waals surface area (Å²) in [5, 5.41) is 1.03. The number of rotatable bonds is 5. The van der Waals surface area contributed by atoms with Crippen molar-refractivity contribution >= 4 is 22.7 Å². The maximum atomic E-state index is 12.7. The van der Waals surface area contributed by atoms with Gasteiger partial charge in [0, 0.05) is 62.1 Å². The lowest BCUT2D eigenvalue weighted by Crippen LogP contribution is -2.43. The van der Waals surface area contributed by atoms with Gasteiger partial charge in [-0.2, -0.15) is 0 Å². The van der Waals surface area contributed by atoms with Crippen molar-refractivity contribution in [1.82, 2.24) is 19.4 Å². The molecule has 2 amide bonds. The second-order valence-corrected chi connectivity index (χ2v) is 10.1. The Labute approximate surface area is 205 Å². The molecule has 7 heteroatoms. The molecule has 0 atom stereocenters. The minimum atomic E-state index is 0.110. The molecule has 182 valence electrons. The van der Waals surface area contributed by atoms with E-state index in [1.54, 1.807) is 6.20 Å². The third-order valence-electron chi connectivity index (χ3n) is 7.81. The second kappa shape index (κ2) is 9.36. The van der Waals surface area contributed by atoms with Crippen LogP contribution in [0, 0.1) is 5.92 Å². The second-order valence-electron chi connectivity index (χ2n) is 10.1. The van der Waals surface area contributed by atoms with Crippen molar-refractivity contribution < 1.29 is 14.3 Å². The highest BCUT2D eigenvalue weighted by molar-refractivity contribution is 5.98. The van der Waals surface area contributed by atoms with Crippen LogP contribution in [0.5, 0.6) is 5.75 Å². The Morgan fingerprint density at radius 1 is 0.857 bits per heavy atom. The van der Waals surface area contributed by atoms with Gasteiger partial charge in [-0.15, -0.1) is 0 Å². The van der Waals surface area contributed by atoms with Crippen molar-refractivity contribution in [2.45, 2.75) is 51.0 Å². The molecule has 0 bridgehead atoms. The van der Waals surface area contributed by atoms with E-state index in [4.69, 9.17) is 4.74 Å². The number of fused-ring (bicyclic) bond motifs is 1. The summed E-state index contributed by atoms with van der Waals surface area (Å²) >= 11 is 0. The molecule has 1 saturated carbocycles. The number of hydrogen-bond donors (Lipinski definition) is 0. The molecule has 3 fully saturated rings. The summed E-state index contributed by atoms with van der Waals surface area (Å²) in [5.74, 6) is 2.28. The van der Waals surface area contributed by atoms with Gasteiger partial charge in [-0.05, 0) is 55.7 Å². The minimum absolute atomic E-state index is 0.110. The van der Waals surface area contributed by atoms with Gasteiger partial charge in [0.15, 0.2) is 0 Å². The van der Waals surface area contributed by atoms with Crippen molar-refractivity contribution in [3.05, 3.63) is 54.4 Å². The molecule has 7 nitrogen and oxygen atoms in total. The first-order valence-electron chi connectivity index (χ1n) is 13.0. The van der Waals surface area contributed by atoms with Gasteiger partial charge in [0.2, 0.25) is 5.91 Å². The molecule has 2 aliphatic heterocycles. The summed E-state index contributed by atoms with van der Waals surface area (Å²) in [7, 11) is 0. The third kappa shape index (κ3) is 4.40. The van der Waals surface area contributed by atoms with E-state index in [0.29, 0.717) is 5.91 Å². The van der Waals surface area contributed by atoms with Gasteiger partial charge in [-0.25, -0.2) is 4.98 Å². The van der Waals surface area contributed by atoms with Crippen molar-refractivity contribution in [3.8, 4) is 11.6 Å². The molecule has 0 radical (unpaired) electrons. The van der Waals surface area contributed by atoms with Crippen LogP contribution in [0.4, 0.5) is 0 Å². The van der Waals surface area contributed by atoms with E-state index in [2.05, 4.69) is 4.98 Å². The molecule has 3 aliphatic rings. The number of likely N-dealkylation sites (tertiary alicyclic amines) is 2. The van der Waals surface area contributed by atoms with Crippen LogP contribution in [0.3, 0.4) is 0 Å². The average Bonchev–Trinajstić information content (AvgIpc) is 3.54. The van der Waals surface area contributed by atoms with Crippen LogP contribution in [-0.4, -0.2) is 63.4 Å². The molecule has 1 aromatic carbocycles. The highest BCUT2D eigenvalue weighted by Crippen LogP contribution is 2.29. The molecule has 6 rings (SSSR count). The first-order valence-corrected chi connectivity index (χ1v) is 13.0. The molecule has 2 saturated heterocycles. The number of piperidine rings is 1. The summed E-state index contributed by atoms with van der Waals surface area (Å²) in [6.07, 6.45) is 11.2. The average molecular weight is 473 g/mol. The van der Waals surface area contributed by atoms with E-state index >= 15 is 0 Å². The number of aromatic nitrogens is 2. The van der Waals surface area contributed by atoms with Gasteiger partial charge in [-0.3, -0.25) is 9.59 Å². The Hall–Kier alpha value is -3.35. The first kappa shape index (κ1) is 22.1. The maximum Gasteiger partial charge on any atom is 0.253 e. The quantitative estimate of drug-likeness (QED) is 0.551. The van der Waals surface area contributed by atoms with Crippen LogP contribution < -0.4 is 4.74 Å². The Balaban J connectivity index is 1.08. The van der Waals surface area contributed by atoms with Gasteiger partial charge in [0.1, 0.15) is 17.7 Å². The Bertz CT molecular complexity index is 1220. The fourth-order valence-electron chi connectivity index (χ4n) is 5.58. The summed E-state index contributed by atoms with van der Waals surface area (Å²) in [6, 6.07) is 11.8. The zero-order valence-electron chi connectivity index (χ0n) is 20.1. The highest BCUT2D eigenvalue weighted by atomic mass is 16.5. The summed E-state index contributed by atoms with van der Waals surface area (Å²) in [6.45, 7) is 3.27. The van der Waals surface area contributed by atoms with Gasteiger partial charge < -0.3 is 19.1 Å². The molecule has 2 aromatic heterocycles. The molecule has 0 N–H and O–H groups in total. The van der Waals surface area contributed by atoms with Crippen molar-refractivity contribution in [1.29, 1.82) is 0 Å². The minimum Gasteiger partial charge on any atom is -0.489 e. The number of nitrogens with zero attached hydrogens (tertiary/aromatic N) is 4. The van der Waals surface area contributed by atoms with Gasteiger partial charge in [-0.1, -0.05) is 12.8 Å². The standard InChI is InChI=1S/C28H32N4O3/c33-27(20-4-1-2-5-20)31-15-11-23(12-16-31)35-24-7-9-26(29-19-24)32-17-10-21-18-22(6-8-25(21)32)28(34)30-13-3-14-30/h6-10,17-20,23H,1-5,11-16H2. The van der Waals surface area contributed by atoms with E-state index in [1.807, 2.05) is 57.0 Å². The molecule has 35 heavy (non-hydrogen) atoms. The Kier molecular flexibility index (Phi) is 5.92. The largest absolute Gasteiger partial charge is 0.489 e. The third-order valence-corrected chi connectivity index (χ3v) is 7.81. The lowest BCUT2D eigenvalue weighted by atomic mass is 10.0. The fraction of sp³-hybridized carbons (Fsp3) is 0.464. The zero-order chi connectivity index (χ0) is 23.8. The zero-order valence-corrected chi connectivity index (χ0v) is 20.1. The number of carbonyl (C=O) groups excluding carboxylic acids is 2. The number of amides is 2. The first-order chi connectivity index (χ1) is 17.2. The predicted octanol–water partition coefficient (Wildman–Crippen LogP) is 4.43. The Morgan fingerprint density at radius 3 is 2.34 bits per heavy atom. The van der Waals surface area contributed by atoms with Crippen LogP contribution in [0.2, 0.25) is 0 Å². The summed E-state index contributed by atoms with van der Waals surface area (Å²) in [4.78, 5) is 33.8. The summed E-state index contributed by atoms with van der Waals surface area (Å²) in [5.41, 5.74) is 1.76. The molecular weight excluding hydrogens is 440 g/mol. The molecule has 3 aromatic rings. The van der Waals surface area contributed by atoms with Gasteiger partial charge in [0.25, 0.3) is 5.91 Å². The highest BCUT2D eigenvalue weighted by Gasteiger charge is 2.30. The monoisotopic (exact) mass is 472 g/mol. The molecule has 0 unspecified atom stereocenters. The van der Waals surface area contributed by atoms with Gasteiger partial charge >= 0.3 is 0 Å². The molecule has 1 aliphatic carbocycles. The van der Waals surface area contributed by atoms with Gasteiger partial charge in [0.05, 0.1) is 11.7 Å². The fourth-order valence-corrected chi connectivity index (χ4v) is 5.58. The number of pyridine rings is 1. The smallest absolute Gasteiger partial charge is 0.253 e. The molecule has 4 heterocycles. The van der Waals surface area contributed by atoms with Crippen LogP contribution in [-0.2, 0) is 4.79 Å². The van der Waals surface area contributed by atoms with E-state index in [9.17, 15) is 9.59 Å². The SMILES string of the molecule is O=C(c1ccc2c(ccn2-c2ccc(OC3CCN(C(=O)C4CCCC4)CC3)cn2)c1)N1CCC1. The number of hydrogen-bond acceptors (Lipinski definition) is 4. The topological polar surface area (TPSA) is 67.7 Å². The van der Waals surface area contributed by atoms with E-state index in [-0.39, 0.29) is 17.9 Å².